The second kappa shape index (κ2) is 13.7. The third kappa shape index (κ3) is 8.39. The molecule has 4 aromatic rings. The van der Waals surface area contributed by atoms with Gasteiger partial charge in [0.05, 0.1) is 5.25 Å². The Morgan fingerprint density at radius 2 is 1.52 bits per heavy atom. The average molecular weight is 619 g/mol. The largest absolute Gasteiger partial charge is 0.325 e. The number of amides is 3. The quantitative estimate of drug-likeness (QED) is 0.138. The molecule has 0 saturated carbocycles. The van der Waals surface area contributed by atoms with Crippen molar-refractivity contribution >= 4 is 62.9 Å². The van der Waals surface area contributed by atoms with Gasteiger partial charge in [0.15, 0.2) is 0 Å². The van der Waals surface area contributed by atoms with Crippen LogP contribution in [0.15, 0.2) is 118 Å². The zero-order valence-corrected chi connectivity index (χ0v) is 23.8. The minimum absolute atomic E-state index is 0.0132. The molecule has 0 bridgehead atoms. The molecular weight excluding hydrogens is 593 g/mol. The molecule has 0 aromatic heterocycles. The van der Waals surface area contributed by atoms with Gasteiger partial charge >= 0.3 is 0 Å². The topological polar surface area (TPSA) is 87.3 Å². The van der Waals surface area contributed by atoms with Crippen LogP contribution in [0.5, 0.6) is 0 Å². The van der Waals surface area contributed by atoms with Gasteiger partial charge in [0.25, 0.3) is 11.8 Å². The molecule has 4 rings (SSSR count). The average Bonchev–Trinajstić information content (AvgIpc) is 2.95. The maximum atomic E-state index is 13.4. The fourth-order valence-electron chi connectivity index (χ4n) is 3.55. The van der Waals surface area contributed by atoms with Gasteiger partial charge in [-0.25, -0.2) is 4.39 Å². The number of carbonyl (C=O) groups is 3. The molecule has 1 unspecified atom stereocenters. The molecule has 0 heterocycles. The molecule has 0 aliphatic heterocycles. The first-order chi connectivity index (χ1) is 19.3. The van der Waals surface area contributed by atoms with Crippen LogP contribution in [0.3, 0.4) is 0 Å². The summed E-state index contributed by atoms with van der Waals surface area (Å²) in [6.07, 6.45) is 1.47. The van der Waals surface area contributed by atoms with Gasteiger partial charge in [-0.3, -0.25) is 14.4 Å². The first-order valence-electron chi connectivity index (χ1n) is 12.2. The number of rotatable bonds is 9. The SMILES string of the molecule is CC(Sc1cccc(NC(=O)/C(=C/c2ccc(F)cc2)NC(=O)c2ccccc2)c1)C(=O)Nc1ccc(Br)cc1. The van der Waals surface area contributed by atoms with Gasteiger partial charge in [-0.15, -0.1) is 11.8 Å². The normalized spacial score (nSPS) is 11.8. The number of benzene rings is 4. The second-order valence-electron chi connectivity index (χ2n) is 8.67. The van der Waals surface area contributed by atoms with Crippen molar-refractivity contribution in [2.24, 2.45) is 0 Å². The first-order valence-corrected chi connectivity index (χ1v) is 13.9. The van der Waals surface area contributed by atoms with Gasteiger partial charge in [-0.1, -0.05) is 52.3 Å². The summed E-state index contributed by atoms with van der Waals surface area (Å²) in [6, 6.07) is 28.5. The molecule has 9 heteroatoms. The summed E-state index contributed by atoms with van der Waals surface area (Å²) in [7, 11) is 0. The highest BCUT2D eigenvalue weighted by atomic mass is 79.9. The lowest BCUT2D eigenvalue weighted by Gasteiger charge is -2.14. The predicted octanol–water partition coefficient (Wildman–Crippen LogP) is 7.12. The number of anilines is 2. The number of halogens is 2. The van der Waals surface area contributed by atoms with E-state index in [-0.39, 0.29) is 11.6 Å². The van der Waals surface area contributed by atoms with E-state index in [0.717, 1.165) is 9.37 Å². The Labute approximate surface area is 244 Å². The molecule has 0 fully saturated rings. The number of carbonyl (C=O) groups excluding carboxylic acids is 3. The van der Waals surface area contributed by atoms with Crippen molar-refractivity contribution in [2.75, 3.05) is 10.6 Å². The highest BCUT2D eigenvalue weighted by Crippen LogP contribution is 2.27. The second-order valence-corrected chi connectivity index (χ2v) is 11.0. The molecule has 1 atom stereocenters. The van der Waals surface area contributed by atoms with Gasteiger partial charge in [0.1, 0.15) is 11.5 Å². The molecular formula is C31H25BrFN3O3S. The highest BCUT2D eigenvalue weighted by Gasteiger charge is 2.17. The predicted molar refractivity (Wildman–Crippen MR) is 161 cm³/mol. The molecule has 4 aromatic carbocycles. The molecule has 0 radical (unpaired) electrons. The van der Waals surface area contributed by atoms with E-state index in [4.69, 9.17) is 0 Å². The van der Waals surface area contributed by atoms with Crippen LogP contribution < -0.4 is 16.0 Å². The van der Waals surface area contributed by atoms with Crippen molar-refractivity contribution in [3.05, 3.63) is 130 Å². The van der Waals surface area contributed by atoms with Crippen molar-refractivity contribution in [1.29, 1.82) is 0 Å². The number of hydrogen-bond donors (Lipinski definition) is 3. The Kier molecular flexibility index (Phi) is 9.88. The van der Waals surface area contributed by atoms with Crippen LogP contribution in [-0.2, 0) is 9.59 Å². The fourth-order valence-corrected chi connectivity index (χ4v) is 4.74. The molecule has 6 nitrogen and oxygen atoms in total. The van der Waals surface area contributed by atoms with E-state index in [9.17, 15) is 18.8 Å². The van der Waals surface area contributed by atoms with E-state index in [1.165, 1.54) is 42.1 Å². The summed E-state index contributed by atoms with van der Waals surface area (Å²) in [5, 5.41) is 7.94. The lowest BCUT2D eigenvalue weighted by atomic mass is 10.1. The van der Waals surface area contributed by atoms with E-state index in [2.05, 4.69) is 31.9 Å². The minimum atomic E-state index is -0.559. The molecule has 3 amide bonds. The Balaban J connectivity index is 1.47. The molecule has 0 aliphatic carbocycles. The summed E-state index contributed by atoms with van der Waals surface area (Å²) in [6.45, 7) is 1.80. The van der Waals surface area contributed by atoms with Crippen molar-refractivity contribution in [3.8, 4) is 0 Å². The van der Waals surface area contributed by atoms with E-state index in [1.807, 2.05) is 30.3 Å². The van der Waals surface area contributed by atoms with Gasteiger partial charge in [-0.05, 0) is 85.3 Å². The highest BCUT2D eigenvalue weighted by molar-refractivity contribution is 9.10. The smallest absolute Gasteiger partial charge is 0.272 e. The fraction of sp³-hybridized carbons (Fsp3) is 0.0645. The summed E-state index contributed by atoms with van der Waals surface area (Å²) in [4.78, 5) is 39.5. The maximum absolute atomic E-state index is 13.4. The number of thioether (sulfide) groups is 1. The van der Waals surface area contributed by atoms with Crippen LogP contribution in [0, 0.1) is 5.82 Å². The van der Waals surface area contributed by atoms with Gasteiger partial charge in [0, 0.05) is 26.3 Å². The van der Waals surface area contributed by atoms with E-state index < -0.39 is 22.9 Å². The standard InChI is InChI=1S/C31H25BrFN3O3S/c1-20(29(37)34-25-16-12-23(32)13-17-25)40-27-9-5-8-26(19-27)35-31(39)28(18-21-10-14-24(33)15-11-21)36-30(38)22-6-3-2-4-7-22/h2-20H,1H3,(H,34,37)(H,35,39)(H,36,38)/b28-18-. The Hall–Kier alpha value is -4.21. The zero-order chi connectivity index (χ0) is 28.5. The number of nitrogens with one attached hydrogen (secondary N) is 3. The van der Waals surface area contributed by atoms with E-state index in [0.29, 0.717) is 22.5 Å². The van der Waals surface area contributed by atoms with Crippen molar-refractivity contribution in [3.63, 3.8) is 0 Å². The first kappa shape index (κ1) is 28.8. The van der Waals surface area contributed by atoms with Crippen LogP contribution in [-0.4, -0.2) is 23.0 Å². The maximum Gasteiger partial charge on any atom is 0.272 e. The molecule has 40 heavy (non-hydrogen) atoms. The van der Waals surface area contributed by atoms with Gasteiger partial charge in [-0.2, -0.15) is 0 Å². The van der Waals surface area contributed by atoms with Crippen molar-refractivity contribution in [2.45, 2.75) is 17.1 Å². The summed E-state index contributed by atoms with van der Waals surface area (Å²) in [5.41, 5.74) is 2.08. The van der Waals surface area contributed by atoms with Crippen molar-refractivity contribution in [1.82, 2.24) is 5.32 Å². The molecule has 0 saturated heterocycles. The Morgan fingerprint density at radius 1 is 0.825 bits per heavy atom. The van der Waals surface area contributed by atoms with Gasteiger partial charge in [0.2, 0.25) is 5.91 Å². The summed E-state index contributed by atoms with van der Waals surface area (Å²) >= 11 is 4.72. The molecule has 0 spiro atoms. The Morgan fingerprint density at radius 3 is 2.23 bits per heavy atom. The van der Waals surface area contributed by atoms with Gasteiger partial charge < -0.3 is 16.0 Å². The summed E-state index contributed by atoms with van der Waals surface area (Å²) in [5.74, 6) is -1.59. The lowest BCUT2D eigenvalue weighted by Crippen LogP contribution is -2.30. The van der Waals surface area contributed by atoms with Crippen LogP contribution in [0.1, 0.15) is 22.8 Å². The third-order valence-corrected chi connectivity index (χ3v) is 7.22. The third-order valence-electron chi connectivity index (χ3n) is 5.60. The van der Waals surface area contributed by atoms with Crippen molar-refractivity contribution < 1.29 is 18.8 Å². The van der Waals surface area contributed by atoms with E-state index >= 15 is 0 Å². The Bertz CT molecular complexity index is 1530. The number of hydrogen-bond acceptors (Lipinski definition) is 4. The van der Waals surface area contributed by atoms with Crippen LogP contribution in [0.25, 0.3) is 6.08 Å². The minimum Gasteiger partial charge on any atom is -0.325 e. The van der Waals surface area contributed by atoms with Crippen LogP contribution in [0.2, 0.25) is 0 Å². The summed E-state index contributed by atoms with van der Waals surface area (Å²) < 4.78 is 14.3. The molecule has 202 valence electrons. The monoisotopic (exact) mass is 617 g/mol. The lowest BCUT2D eigenvalue weighted by molar-refractivity contribution is -0.115. The molecule has 3 N–H and O–H groups in total. The van der Waals surface area contributed by atoms with Crippen LogP contribution >= 0.6 is 27.7 Å². The van der Waals surface area contributed by atoms with E-state index in [1.54, 1.807) is 55.5 Å². The van der Waals surface area contributed by atoms with Crippen LogP contribution in [0.4, 0.5) is 15.8 Å². The zero-order valence-electron chi connectivity index (χ0n) is 21.4. The molecule has 0 aliphatic rings.